The maximum Gasteiger partial charge on any atom is 0.310 e. The largest absolute Gasteiger partial charge is 0.504 e. The van der Waals surface area contributed by atoms with E-state index in [-0.39, 0.29) is 5.57 Å². The highest BCUT2D eigenvalue weighted by atomic mass is 16.6. The fourth-order valence-corrected chi connectivity index (χ4v) is 6.25. The summed E-state index contributed by atoms with van der Waals surface area (Å²) in [6.45, 7) is 6.40. The number of Topliss-reactive ketones (excluding diaryl/α,β-unsaturated/α-hetero) is 1. The van der Waals surface area contributed by atoms with Crippen molar-refractivity contribution in [2.45, 2.75) is 46.0 Å². The summed E-state index contributed by atoms with van der Waals surface area (Å²) < 4.78 is 5.34. The molecule has 26 heavy (non-hydrogen) atoms. The second kappa shape index (κ2) is 4.84. The van der Waals surface area contributed by atoms with E-state index in [2.05, 4.69) is 0 Å². The topological polar surface area (TPSA) is 121 Å². The Morgan fingerprint density at radius 2 is 1.73 bits per heavy atom. The molecule has 0 radical (unpaired) electrons. The van der Waals surface area contributed by atoms with Gasteiger partial charge in [0.05, 0.1) is 17.4 Å². The molecular weight excluding hydrogens is 340 g/mol. The third-order valence-corrected chi connectivity index (χ3v) is 7.24. The highest BCUT2D eigenvalue weighted by Crippen LogP contribution is 2.66. The fourth-order valence-electron chi connectivity index (χ4n) is 6.25. The van der Waals surface area contributed by atoms with E-state index < -0.39 is 70.2 Å². The van der Waals surface area contributed by atoms with Crippen LogP contribution < -0.4 is 0 Å². The molecule has 1 saturated carbocycles. The minimum absolute atomic E-state index is 0.164. The SMILES string of the molecule is CC1=CC(=O)C(O)C2(C)C1=C(O)C(=O)C1(C)C3C(=O)OC(C3C)C(O)C21. The van der Waals surface area contributed by atoms with E-state index in [0.717, 1.165) is 0 Å². The lowest BCUT2D eigenvalue weighted by molar-refractivity contribution is -0.182. The van der Waals surface area contributed by atoms with Crippen LogP contribution in [0.1, 0.15) is 27.7 Å². The van der Waals surface area contributed by atoms with Gasteiger partial charge in [-0.15, -0.1) is 0 Å². The summed E-state index contributed by atoms with van der Waals surface area (Å²) >= 11 is 0. The molecule has 0 aromatic heterocycles. The predicted octanol–water partition coefficient (Wildman–Crippen LogP) is 0.452. The van der Waals surface area contributed by atoms with E-state index >= 15 is 0 Å². The molecule has 0 spiro atoms. The van der Waals surface area contributed by atoms with Crippen molar-refractivity contribution in [2.24, 2.45) is 28.6 Å². The molecule has 2 bridgehead atoms. The van der Waals surface area contributed by atoms with Gasteiger partial charge in [0, 0.05) is 22.8 Å². The number of carbonyl (C=O) groups is 3. The van der Waals surface area contributed by atoms with Crippen LogP contribution in [0.2, 0.25) is 0 Å². The fraction of sp³-hybridized carbons (Fsp3) is 0.632. The number of aliphatic hydroxyl groups is 3. The maximum absolute atomic E-state index is 13.2. The Balaban J connectivity index is 2.07. The van der Waals surface area contributed by atoms with E-state index in [9.17, 15) is 29.7 Å². The molecule has 4 aliphatic rings. The van der Waals surface area contributed by atoms with E-state index in [1.54, 1.807) is 20.8 Å². The molecule has 0 aromatic carbocycles. The number of hydrogen-bond acceptors (Lipinski definition) is 7. The Bertz CT molecular complexity index is 824. The van der Waals surface area contributed by atoms with Crippen molar-refractivity contribution < 1.29 is 34.4 Å². The third kappa shape index (κ3) is 1.60. The summed E-state index contributed by atoms with van der Waals surface area (Å²) in [5.74, 6) is -4.58. The van der Waals surface area contributed by atoms with Crippen LogP contribution in [-0.2, 0) is 19.1 Å². The second-order valence-electron chi connectivity index (χ2n) is 8.46. The molecule has 8 atom stereocenters. The normalized spacial score (nSPS) is 50.2. The Morgan fingerprint density at radius 3 is 2.35 bits per heavy atom. The van der Waals surface area contributed by atoms with Gasteiger partial charge in [0.15, 0.2) is 11.5 Å². The van der Waals surface area contributed by atoms with Crippen molar-refractivity contribution in [3.8, 4) is 0 Å². The van der Waals surface area contributed by atoms with Gasteiger partial charge >= 0.3 is 5.97 Å². The molecule has 0 aromatic rings. The van der Waals surface area contributed by atoms with Crippen LogP contribution in [0, 0.1) is 28.6 Å². The Kier molecular flexibility index (Phi) is 3.24. The summed E-state index contributed by atoms with van der Waals surface area (Å²) in [4.78, 5) is 38.0. The zero-order valence-corrected chi connectivity index (χ0v) is 15.0. The lowest BCUT2D eigenvalue weighted by Crippen LogP contribution is -2.68. The van der Waals surface area contributed by atoms with Gasteiger partial charge in [-0.3, -0.25) is 14.4 Å². The van der Waals surface area contributed by atoms with Crippen LogP contribution in [0.25, 0.3) is 0 Å². The molecule has 3 aliphatic carbocycles. The van der Waals surface area contributed by atoms with Gasteiger partial charge in [-0.2, -0.15) is 0 Å². The van der Waals surface area contributed by atoms with Crippen molar-refractivity contribution in [2.75, 3.05) is 0 Å². The van der Waals surface area contributed by atoms with Crippen molar-refractivity contribution in [1.82, 2.24) is 0 Å². The van der Waals surface area contributed by atoms with Gasteiger partial charge < -0.3 is 20.1 Å². The predicted molar refractivity (Wildman–Crippen MR) is 87.7 cm³/mol. The van der Waals surface area contributed by atoms with Gasteiger partial charge in [-0.1, -0.05) is 20.8 Å². The van der Waals surface area contributed by atoms with E-state index in [1.807, 2.05) is 0 Å². The van der Waals surface area contributed by atoms with Crippen molar-refractivity contribution in [3.63, 3.8) is 0 Å². The molecule has 1 aliphatic heterocycles. The Morgan fingerprint density at radius 1 is 1.12 bits per heavy atom. The molecule has 7 heteroatoms. The van der Waals surface area contributed by atoms with Crippen molar-refractivity contribution >= 4 is 17.5 Å². The van der Waals surface area contributed by atoms with Crippen LogP contribution in [0.3, 0.4) is 0 Å². The minimum Gasteiger partial charge on any atom is -0.504 e. The monoisotopic (exact) mass is 362 g/mol. The maximum atomic E-state index is 13.2. The Labute approximate surface area is 150 Å². The lowest BCUT2D eigenvalue weighted by Gasteiger charge is -2.59. The van der Waals surface area contributed by atoms with Crippen LogP contribution in [0.5, 0.6) is 0 Å². The summed E-state index contributed by atoms with van der Waals surface area (Å²) in [6, 6.07) is 0. The standard InChI is InChI=1S/C19H22O7/c1-6-5-8(20)15(23)18(3)9(6)11(21)16(24)19(4)10-7(2)13(26-17(10)25)12(22)14(18)19/h5,7,10,12-15,21-23H,1-4H3. The summed E-state index contributed by atoms with van der Waals surface area (Å²) in [5, 5.41) is 32.6. The first-order valence-electron chi connectivity index (χ1n) is 8.76. The first-order chi connectivity index (χ1) is 12.0. The van der Waals surface area contributed by atoms with Crippen LogP contribution in [0.15, 0.2) is 23.0 Å². The molecule has 2 fully saturated rings. The molecule has 8 unspecified atom stereocenters. The van der Waals surface area contributed by atoms with Gasteiger partial charge in [-0.25, -0.2) is 0 Å². The number of hydrogen-bond donors (Lipinski definition) is 3. The average Bonchev–Trinajstić information content (AvgIpc) is 2.80. The molecule has 3 N–H and O–H groups in total. The second-order valence-corrected chi connectivity index (χ2v) is 8.46. The van der Waals surface area contributed by atoms with Crippen molar-refractivity contribution in [3.05, 3.63) is 23.0 Å². The van der Waals surface area contributed by atoms with Crippen molar-refractivity contribution in [1.29, 1.82) is 0 Å². The summed E-state index contributed by atoms with van der Waals surface area (Å²) in [7, 11) is 0. The number of allylic oxidation sites excluding steroid dienone is 2. The van der Waals surface area contributed by atoms with Gasteiger partial charge in [0.1, 0.15) is 12.2 Å². The molecule has 1 heterocycles. The Hall–Kier alpha value is -1.99. The number of ether oxygens (including phenoxy) is 1. The quantitative estimate of drug-likeness (QED) is 0.535. The average molecular weight is 362 g/mol. The van der Waals surface area contributed by atoms with Gasteiger partial charge in [0.2, 0.25) is 5.78 Å². The zero-order chi connectivity index (χ0) is 19.3. The number of fused-ring (bicyclic) bond motifs is 6. The highest BCUT2D eigenvalue weighted by Gasteiger charge is 2.74. The molecule has 4 rings (SSSR count). The lowest BCUT2D eigenvalue weighted by atomic mass is 9.42. The molecule has 140 valence electrons. The molecular formula is C19H22O7. The van der Waals surface area contributed by atoms with Gasteiger partial charge in [0.25, 0.3) is 0 Å². The van der Waals surface area contributed by atoms with E-state index in [4.69, 9.17) is 4.74 Å². The van der Waals surface area contributed by atoms with Crippen LogP contribution in [0.4, 0.5) is 0 Å². The van der Waals surface area contributed by atoms with E-state index in [0.29, 0.717) is 5.57 Å². The van der Waals surface area contributed by atoms with E-state index in [1.165, 1.54) is 13.0 Å². The summed E-state index contributed by atoms with van der Waals surface area (Å²) in [5.41, 5.74) is -2.35. The summed E-state index contributed by atoms with van der Waals surface area (Å²) in [6.07, 6.45) is -2.41. The highest BCUT2D eigenvalue weighted by molar-refractivity contribution is 6.06. The first-order valence-corrected chi connectivity index (χ1v) is 8.76. The zero-order valence-electron chi connectivity index (χ0n) is 15.0. The molecule has 7 nitrogen and oxygen atoms in total. The first kappa shape index (κ1) is 17.4. The number of ketones is 2. The van der Waals surface area contributed by atoms with Crippen LogP contribution in [-0.4, -0.2) is 51.2 Å². The smallest absolute Gasteiger partial charge is 0.310 e. The molecule has 0 amide bonds. The minimum atomic E-state index is -1.54. The number of esters is 1. The van der Waals surface area contributed by atoms with Gasteiger partial charge in [-0.05, 0) is 18.6 Å². The third-order valence-electron chi connectivity index (χ3n) is 7.24. The number of carbonyl (C=O) groups excluding carboxylic acids is 3. The van der Waals surface area contributed by atoms with Crippen LogP contribution >= 0.6 is 0 Å². The number of rotatable bonds is 0. The molecule has 1 saturated heterocycles. The number of aliphatic hydroxyl groups excluding tert-OH is 3.